The molecule has 0 unspecified atom stereocenters. The van der Waals surface area contributed by atoms with E-state index < -0.39 is 15.8 Å². The van der Waals surface area contributed by atoms with Crippen LogP contribution >= 0.6 is 0 Å². The first-order chi connectivity index (χ1) is 11.9. The lowest BCUT2D eigenvalue weighted by Gasteiger charge is -2.33. The topological polar surface area (TPSA) is 69.7 Å². The van der Waals surface area contributed by atoms with E-state index in [2.05, 4.69) is 10.2 Å². The molecule has 1 amide bonds. The Morgan fingerprint density at radius 3 is 2.40 bits per heavy atom. The van der Waals surface area contributed by atoms with Gasteiger partial charge in [0.1, 0.15) is 5.82 Å². The van der Waals surface area contributed by atoms with E-state index in [0.29, 0.717) is 45.7 Å². The zero-order valence-corrected chi connectivity index (χ0v) is 15.4. The molecule has 0 aromatic heterocycles. The Hall–Kier alpha value is -1.51. The predicted octanol–water partition coefficient (Wildman–Crippen LogP) is 1.44. The van der Waals surface area contributed by atoms with Gasteiger partial charge in [-0.2, -0.15) is 4.31 Å². The van der Waals surface area contributed by atoms with Crippen LogP contribution in [0.3, 0.4) is 0 Å². The maximum Gasteiger partial charge on any atom is 0.243 e. The van der Waals surface area contributed by atoms with Crippen LogP contribution in [0, 0.1) is 5.82 Å². The lowest BCUT2D eigenvalue weighted by atomic mass is 10.2. The van der Waals surface area contributed by atoms with E-state index in [-0.39, 0.29) is 10.8 Å². The van der Waals surface area contributed by atoms with Gasteiger partial charge in [-0.3, -0.25) is 9.69 Å². The number of piperazine rings is 1. The summed E-state index contributed by atoms with van der Waals surface area (Å²) in [7, 11) is -3.58. The summed E-state index contributed by atoms with van der Waals surface area (Å²) in [6, 6.07) is 4.90. The quantitative estimate of drug-likeness (QED) is 0.751. The van der Waals surface area contributed by atoms with Gasteiger partial charge < -0.3 is 5.32 Å². The molecule has 1 aromatic carbocycles. The number of sulfonamides is 1. The second kappa shape index (κ2) is 9.26. The number of rotatable bonds is 8. The summed E-state index contributed by atoms with van der Waals surface area (Å²) < 4.78 is 39.5. The molecule has 0 aliphatic carbocycles. The number of hydrogen-bond acceptors (Lipinski definition) is 4. The number of amides is 1. The van der Waals surface area contributed by atoms with Crippen LogP contribution in [0.5, 0.6) is 0 Å². The molecule has 0 radical (unpaired) electrons. The zero-order chi connectivity index (χ0) is 18.3. The summed E-state index contributed by atoms with van der Waals surface area (Å²) in [6.45, 7) is 5.35. The molecule has 2 rings (SSSR count). The Morgan fingerprint density at radius 1 is 1.16 bits per heavy atom. The van der Waals surface area contributed by atoms with Crippen LogP contribution in [0.15, 0.2) is 29.2 Å². The number of hydrogen-bond donors (Lipinski definition) is 1. The van der Waals surface area contributed by atoms with Crippen molar-refractivity contribution in [2.45, 2.75) is 31.1 Å². The normalized spacial score (nSPS) is 16.7. The van der Waals surface area contributed by atoms with Gasteiger partial charge in [-0.1, -0.05) is 13.3 Å². The molecule has 6 nitrogen and oxygen atoms in total. The fraction of sp³-hybridized carbons (Fsp3) is 0.588. The molecule has 1 aromatic rings. The second-order valence-electron chi connectivity index (χ2n) is 6.15. The molecule has 1 aliphatic heterocycles. The summed E-state index contributed by atoms with van der Waals surface area (Å²) in [5, 5.41) is 2.89. The Kier molecular flexibility index (Phi) is 7.34. The second-order valence-corrected chi connectivity index (χ2v) is 8.09. The molecular weight excluding hydrogens is 345 g/mol. The largest absolute Gasteiger partial charge is 0.355 e. The maximum atomic E-state index is 13.0. The number of carbonyl (C=O) groups excluding carboxylic acids is 1. The third kappa shape index (κ3) is 5.76. The highest BCUT2D eigenvalue weighted by Crippen LogP contribution is 2.17. The SMILES string of the molecule is CCCCC(=O)NCCN1CCN(S(=O)(=O)c2ccc(F)cc2)CC1. The molecular formula is C17H26FN3O3S. The molecule has 140 valence electrons. The van der Waals surface area contributed by atoms with Crippen LogP contribution in [-0.2, 0) is 14.8 Å². The average molecular weight is 371 g/mol. The van der Waals surface area contributed by atoms with Crippen molar-refractivity contribution in [2.75, 3.05) is 39.3 Å². The number of nitrogens with zero attached hydrogens (tertiary/aromatic N) is 2. The highest BCUT2D eigenvalue weighted by atomic mass is 32.2. The van der Waals surface area contributed by atoms with Crippen molar-refractivity contribution in [3.63, 3.8) is 0 Å². The van der Waals surface area contributed by atoms with E-state index in [1.807, 2.05) is 6.92 Å². The zero-order valence-electron chi connectivity index (χ0n) is 14.6. The summed E-state index contributed by atoms with van der Waals surface area (Å²) in [5.41, 5.74) is 0. The number of nitrogens with one attached hydrogen (secondary N) is 1. The van der Waals surface area contributed by atoms with Gasteiger partial charge in [-0.05, 0) is 30.7 Å². The fourth-order valence-corrected chi connectivity index (χ4v) is 4.15. The third-order valence-corrected chi connectivity index (χ3v) is 6.20. The standard InChI is InChI=1S/C17H26FN3O3S/c1-2-3-4-17(22)19-9-10-20-11-13-21(14-12-20)25(23,24)16-7-5-15(18)6-8-16/h5-8H,2-4,9-14H2,1H3,(H,19,22). The summed E-state index contributed by atoms with van der Waals surface area (Å²) >= 11 is 0. The summed E-state index contributed by atoms with van der Waals surface area (Å²) in [6.07, 6.45) is 2.45. The van der Waals surface area contributed by atoms with Crippen LogP contribution in [0.2, 0.25) is 0 Å². The van der Waals surface area contributed by atoms with E-state index in [1.54, 1.807) is 0 Å². The van der Waals surface area contributed by atoms with Crippen LogP contribution in [0.1, 0.15) is 26.2 Å². The van der Waals surface area contributed by atoms with E-state index in [9.17, 15) is 17.6 Å². The van der Waals surface area contributed by atoms with Crippen LogP contribution < -0.4 is 5.32 Å². The van der Waals surface area contributed by atoms with Crippen LogP contribution in [-0.4, -0.2) is 62.8 Å². The average Bonchev–Trinajstić information content (AvgIpc) is 2.61. The molecule has 8 heteroatoms. The minimum absolute atomic E-state index is 0.0689. The minimum atomic E-state index is -3.58. The molecule has 1 saturated heterocycles. The van der Waals surface area contributed by atoms with Crippen molar-refractivity contribution < 1.29 is 17.6 Å². The predicted molar refractivity (Wildman–Crippen MR) is 94.1 cm³/mol. The molecule has 0 atom stereocenters. The minimum Gasteiger partial charge on any atom is -0.355 e. The van der Waals surface area contributed by atoms with E-state index >= 15 is 0 Å². The first-order valence-electron chi connectivity index (χ1n) is 8.68. The molecule has 1 N–H and O–H groups in total. The molecule has 25 heavy (non-hydrogen) atoms. The Balaban J connectivity index is 1.77. The molecule has 0 bridgehead atoms. The first kappa shape index (κ1) is 19.8. The van der Waals surface area contributed by atoms with Gasteiger partial charge in [-0.25, -0.2) is 12.8 Å². The Bertz CT molecular complexity index is 656. The van der Waals surface area contributed by atoms with Crippen LogP contribution in [0.4, 0.5) is 4.39 Å². The number of benzene rings is 1. The van der Waals surface area contributed by atoms with Crippen molar-refractivity contribution in [3.8, 4) is 0 Å². The van der Waals surface area contributed by atoms with Gasteiger partial charge in [0.2, 0.25) is 15.9 Å². The summed E-state index contributed by atoms with van der Waals surface area (Å²) in [5.74, 6) is -0.385. The van der Waals surface area contributed by atoms with Gasteiger partial charge >= 0.3 is 0 Å². The highest BCUT2D eigenvalue weighted by molar-refractivity contribution is 7.89. The van der Waals surface area contributed by atoms with Crippen LogP contribution in [0.25, 0.3) is 0 Å². The van der Waals surface area contributed by atoms with E-state index in [4.69, 9.17) is 0 Å². The fourth-order valence-electron chi connectivity index (χ4n) is 2.73. The number of unbranched alkanes of at least 4 members (excludes halogenated alkanes) is 1. The van der Waals surface area contributed by atoms with Crippen molar-refractivity contribution in [1.82, 2.24) is 14.5 Å². The van der Waals surface area contributed by atoms with Crippen molar-refractivity contribution in [3.05, 3.63) is 30.1 Å². The van der Waals surface area contributed by atoms with Crippen molar-refractivity contribution in [2.24, 2.45) is 0 Å². The third-order valence-electron chi connectivity index (χ3n) is 4.29. The Labute approximate surface area is 149 Å². The number of carbonyl (C=O) groups is 1. The monoisotopic (exact) mass is 371 g/mol. The van der Waals surface area contributed by atoms with Gasteiger partial charge in [0.25, 0.3) is 0 Å². The van der Waals surface area contributed by atoms with E-state index in [0.717, 1.165) is 25.0 Å². The Morgan fingerprint density at radius 2 is 1.80 bits per heavy atom. The molecule has 1 heterocycles. The van der Waals surface area contributed by atoms with Gasteiger partial charge in [-0.15, -0.1) is 0 Å². The maximum absolute atomic E-state index is 13.0. The van der Waals surface area contributed by atoms with E-state index in [1.165, 1.54) is 16.4 Å². The van der Waals surface area contributed by atoms with Gasteiger partial charge in [0.05, 0.1) is 4.90 Å². The summed E-state index contributed by atoms with van der Waals surface area (Å²) in [4.78, 5) is 13.8. The lowest BCUT2D eigenvalue weighted by molar-refractivity contribution is -0.121. The molecule has 0 spiro atoms. The smallest absolute Gasteiger partial charge is 0.243 e. The number of halogens is 1. The highest BCUT2D eigenvalue weighted by Gasteiger charge is 2.28. The molecule has 0 saturated carbocycles. The van der Waals surface area contributed by atoms with Gasteiger partial charge in [0, 0.05) is 45.7 Å². The lowest BCUT2D eigenvalue weighted by Crippen LogP contribution is -2.50. The van der Waals surface area contributed by atoms with Crippen molar-refractivity contribution in [1.29, 1.82) is 0 Å². The first-order valence-corrected chi connectivity index (χ1v) is 10.1. The molecule has 1 aliphatic rings. The van der Waals surface area contributed by atoms with Gasteiger partial charge in [0.15, 0.2) is 0 Å². The van der Waals surface area contributed by atoms with Crippen molar-refractivity contribution >= 4 is 15.9 Å². The molecule has 1 fully saturated rings.